The van der Waals surface area contributed by atoms with E-state index in [1.165, 1.54) is 33.4 Å². The number of aromatic amines is 2. The third-order valence-corrected chi connectivity index (χ3v) is 3.89. The van der Waals surface area contributed by atoms with Crippen molar-refractivity contribution in [1.82, 2.24) is 19.9 Å². The topological polar surface area (TPSA) is 57.4 Å². The molecule has 0 fully saturated rings. The number of H-pyrrole nitrogens is 2. The zero-order valence-electron chi connectivity index (χ0n) is 13.8. The Morgan fingerprint density at radius 3 is 1.24 bits per heavy atom. The van der Waals surface area contributed by atoms with Gasteiger partial charge in [-0.25, -0.2) is 0 Å². The van der Waals surface area contributed by atoms with E-state index in [1.807, 2.05) is 73.8 Å². The number of aromatic nitrogens is 4. The van der Waals surface area contributed by atoms with Crippen molar-refractivity contribution in [1.29, 1.82) is 0 Å². The van der Waals surface area contributed by atoms with Gasteiger partial charge in [-0.3, -0.25) is 9.97 Å². The molecule has 0 unspecified atom stereocenters. The van der Waals surface area contributed by atoms with Crippen molar-refractivity contribution >= 4 is 0 Å². The summed E-state index contributed by atoms with van der Waals surface area (Å²) in [6.45, 7) is 4.18. The van der Waals surface area contributed by atoms with Gasteiger partial charge in [0.05, 0.1) is 0 Å². The lowest BCUT2D eigenvalue weighted by Gasteiger charge is -1.97. The van der Waals surface area contributed by atoms with Crippen molar-refractivity contribution in [2.75, 3.05) is 0 Å². The molecule has 0 aliphatic rings. The van der Waals surface area contributed by atoms with E-state index in [4.69, 9.17) is 0 Å². The highest BCUT2D eigenvalue weighted by atomic mass is 14.6. The van der Waals surface area contributed by atoms with Crippen LogP contribution in [0, 0.1) is 13.8 Å². The summed E-state index contributed by atoms with van der Waals surface area (Å²) in [5, 5.41) is 0. The molecule has 0 bridgehead atoms. The van der Waals surface area contributed by atoms with Gasteiger partial charge in [0.1, 0.15) is 0 Å². The van der Waals surface area contributed by atoms with E-state index in [1.54, 1.807) is 0 Å². The van der Waals surface area contributed by atoms with Gasteiger partial charge in [0.25, 0.3) is 0 Å². The average Bonchev–Trinajstić information content (AvgIpc) is 3.25. The molecule has 4 aromatic rings. The molecule has 4 nitrogen and oxygen atoms in total. The molecule has 4 heteroatoms. The number of rotatable bonds is 2. The van der Waals surface area contributed by atoms with E-state index in [-0.39, 0.29) is 7.43 Å². The lowest BCUT2D eigenvalue weighted by molar-refractivity contribution is 1.33. The van der Waals surface area contributed by atoms with Crippen molar-refractivity contribution in [3.8, 4) is 22.3 Å². The minimum Gasteiger partial charge on any atom is -0.367 e. The Kier molecular flexibility index (Phi) is 6.29. The molecule has 4 heterocycles. The fourth-order valence-corrected chi connectivity index (χ4v) is 2.57. The van der Waals surface area contributed by atoms with Crippen LogP contribution in [0.4, 0.5) is 0 Å². The smallest absolute Gasteiger partial charge is 0.0273 e. The Labute approximate surface area is 149 Å². The fourth-order valence-electron chi connectivity index (χ4n) is 2.57. The van der Waals surface area contributed by atoms with Gasteiger partial charge in [0.2, 0.25) is 0 Å². The molecular weight excluding hydrogens is 308 g/mol. The van der Waals surface area contributed by atoms with Crippen LogP contribution < -0.4 is 0 Å². The molecule has 0 aromatic carbocycles. The summed E-state index contributed by atoms with van der Waals surface area (Å²) in [6.07, 6.45) is 15.2. The Morgan fingerprint density at radius 1 is 0.600 bits per heavy atom. The summed E-state index contributed by atoms with van der Waals surface area (Å²) in [4.78, 5) is 14.1. The molecule has 4 aromatic heterocycles. The monoisotopic (exact) mass is 332 g/mol. The zero-order chi connectivity index (χ0) is 16.8. The first-order valence-corrected chi connectivity index (χ1v) is 7.83. The molecule has 25 heavy (non-hydrogen) atoms. The Balaban J connectivity index is 0.000000173. The van der Waals surface area contributed by atoms with Crippen LogP contribution >= 0.6 is 0 Å². The predicted molar refractivity (Wildman–Crippen MR) is 104 cm³/mol. The van der Waals surface area contributed by atoms with Crippen LogP contribution in [0.3, 0.4) is 0 Å². The van der Waals surface area contributed by atoms with Gasteiger partial charge in [0.15, 0.2) is 0 Å². The van der Waals surface area contributed by atoms with Crippen LogP contribution in [-0.4, -0.2) is 19.9 Å². The first-order valence-electron chi connectivity index (χ1n) is 7.83. The molecule has 128 valence electrons. The summed E-state index contributed by atoms with van der Waals surface area (Å²) in [7, 11) is 0. The lowest BCUT2D eigenvalue weighted by atomic mass is 10.1. The Morgan fingerprint density at radius 2 is 0.960 bits per heavy atom. The van der Waals surface area contributed by atoms with Crippen LogP contribution in [0.25, 0.3) is 22.3 Å². The zero-order valence-corrected chi connectivity index (χ0v) is 13.8. The maximum atomic E-state index is 3.97. The van der Waals surface area contributed by atoms with Crippen LogP contribution in [0.5, 0.6) is 0 Å². The van der Waals surface area contributed by atoms with Gasteiger partial charge in [-0.2, -0.15) is 0 Å². The molecule has 0 saturated heterocycles. The number of pyridine rings is 2. The normalized spacial score (nSPS) is 9.68. The summed E-state index contributed by atoms with van der Waals surface area (Å²) >= 11 is 0. The molecule has 0 atom stereocenters. The van der Waals surface area contributed by atoms with Crippen LogP contribution in [0.15, 0.2) is 73.8 Å². The molecule has 0 aliphatic carbocycles. The number of hydrogen-bond donors (Lipinski definition) is 2. The van der Waals surface area contributed by atoms with Crippen LogP contribution in [0.2, 0.25) is 0 Å². The van der Waals surface area contributed by atoms with Gasteiger partial charge in [-0.05, 0) is 60.4 Å². The molecule has 0 amide bonds. The minimum absolute atomic E-state index is 0. The van der Waals surface area contributed by atoms with E-state index in [0.29, 0.717) is 0 Å². The Bertz CT molecular complexity index is 801. The second-order valence-electron chi connectivity index (χ2n) is 5.58. The Hall–Kier alpha value is -3.14. The van der Waals surface area contributed by atoms with Crippen molar-refractivity contribution in [3.63, 3.8) is 0 Å². The second kappa shape index (κ2) is 8.64. The standard InChI is InChI=1S/2C10H10N2.CH4/c2*1-8-6-12-7-10(8)9-2-4-11-5-3-9;/h2*2-7,12H,1H3;1H4. The second-order valence-corrected chi connectivity index (χ2v) is 5.58. The van der Waals surface area contributed by atoms with Gasteiger partial charge >= 0.3 is 0 Å². The summed E-state index contributed by atoms with van der Waals surface area (Å²) in [5.41, 5.74) is 7.45. The van der Waals surface area contributed by atoms with Gasteiger partial charge in [-0.1, -0.05) is 7.43 Å². The van der Waals surface area contributed by atoms with Crippen LogP contribution in [0.1, 0.15) is 18.6 Å². The van der Waals surface area contributed by atoms with E-state index in [2.05, 4.69) is 33.8 Å². The van der Waals surface area contributed by atoms with E-state index in [9.17, 15) is 0 Å². The minimum atomic E-state index is 0. The maximum Gasteiger partial charge on any atom is 0.0273 e. The highest BCUT2D eigenvalue weighted by molar-refractivity contribution is 5.66. The van der Waals surface area contributed by atoms with Gasteiger partial charge in [-0.15, -0.1) is 0 Å². The largest absolute Gasteiger partial charge is 0.367 e. The SMILES string of the molecule is C.Cc1c[nH]cc1-c1ccncc1.Cc1c[nH]cc1-c1ccncc1. The van der Waals surface area contributed by atoms with Crippen molar-refractivity contribution in [2.24, 2.45) is 0 Å². The first-order chi connectivity index (χ1) is 11.8. The van der Waals surface area contributed by atoms with E-state index in [0.717, 1.165) is 0 Å². The third-order valence-electron chi connectivity index (χ3n) is 3.89. The van der Waals surface area contributed by atoms with E-state index < -0.39 is 0 Å². The van der Waals surface area contributed by atoms with Crippen molar-refractivity contribution in [3.05, 3.63) is 85.0 Å². The summed E-state index contributed by atoms with van der Waals surface area (Å²) in [6, 6.07) is 8.04. The van der Waals surface area contributed by atoms with Gasteiger partial charge < -0.3 is 9.97 Å². The molecule has 2 N–H and O–H groups in total. The quantitative estimate of drug-likeness (QED) is 0.516. The fraction of sp³-hybridized carbons (Fsp3) is 0.143. The number of nitrogens with zero attached hydrogens (tertiary/aromatic N) is 2. The molecule has 0 spiro atoms. The highest BCUT2D eigenvalue weighted by Crippen LogP contribution is 2.22. The highest BCUT2D eigenvalue weighted by Gasteiger charge is 2.00. The predicted octanol–water partition coefficient (Wildman–Crippen LogP) is 5.41. The molecule has 0 aliphatic heterocycles. The molecular formula is C21H24N4. The summed E-state index contributed by atoms with van der Waals surface area (Å²) < 4.78 is 0. The van der Waals surface area contributed by atoms with Crippen LogP contribution in [-0.2, 0) is 0 Å². The summed E-state index contributed by atoms with van der Waals surface area (Å²) in [5.74, 6) is 0. The number of hydrogen-bond acceptors (Lipinski definition) is 2. The molecule has 0 saturated carbocycles. The number of nitrogens with one attached hydrogen (secondary N) is 2. The van der Waals surface area contributed by atoms with Gasteiger partial charge in [0, 0.05) is 60.7 Å². The number of aryl methyl sites for hydroxylation is 2. The molecule has 0 radical (unpaired) electrons. The van der Waals surface area contributed by atoms with Crippen molar-refractivity contribution in [2.45, 2.75) is 21.3 Å². The maximum absolute atomic E-state index is 3.97. The molecule has 4 rings (SSSR count). The first kappa shape index (κ1) is 18.2. The average molecular weight is 332 g/mol. The lowest BCUT2D eigenvalue weighted by Crippen LogP contribution is -1.76. The van der Waals surface area contributed by atoms with E-state index >= 15 is 0 Å². The van der Waals surface area contributed by atoms with Crippen molar-refractivity contribution < 1.29 is 0 Å². The third kappa shape index (κ3) is 4.44.